The minimum atomic E-state index is 0.617. The molecule has 5 rings (SSSR count). The van der Waals surface area contributed by atoms with Gasteiger partial charge in [0, 0.05) is 56.7 Å². The maximum atomic E-state index is 5.56. The van der Waals surface area contributed by atoms with Gasteiger partial charge in [-0.2, -0.15) is 4.98 Å². The van der Waals surface area contributed by atoms with Gasteiger partial charge in [0.05, 0.1) is 6.54 Å². The largest absolute Gasteiger partial charge is 0.369 e. The van der Waals surface area contributed by atoms with E-state index in [0.717, 1.165) is 50.6 Å². The quantitative estimate of drug-likeness (QED) is 0.602. The Morgan fingerprint density at radius 2 is 1.69 bits per heavy atom. The number of piperidine rings is 1. The first-order chi connectivity index (χ1) is 15.7. The van der Waals surface area contributed by atoms with Gasteiger partial charge in [0.1, 0.15) is 5.82 Å². The average molecular weight is 433 g/mol. The van der Waals surface area contributed by atoms with Crippen molar-refractivity contribution < 1.29 is 4.52 Å². The second kappa shape index (κ2) is 9.28. The molecule has 0 unspecified atom stereocenters. The molecule has 0 saturated carbocycles. The molecule has 3 aromatic rings. The van der Waals surface area contributed by atoms with E-state index in [2.05, 4.69) is 74.0 Å². The molecule has 32 heavy (non-hydrogen) atoms. The number of aryl methyl sites for hydroxylation is 2. The van der Waals surface area contributed by atoms with E-state index in [4.69, 9.17) is 4.52 Å². The van der Waals surface area contributed by atoms with Crippen LogP contribution in [0.5, 0.6) is 0 Å². The third-order valence-corrected chi connectivity index (χ3v) is 6.59. The Kier molecular flexibility index (Phi) is 6.08. The highest BCUT2D eigenvalue weighted by atomic mass is 16.5. The summed E-state index contributed by atoms with van der Waals surface area (Å²) in [6.45, 7) is 11.2. The number of anilines is 2. The standard InChI is InChI=1S/C25H32N6O/c1-19-6-7-20(2)22(16-19)30-14-12-29(13-15-30)18-24-27-25(28-32-24)21-8-9-23(26-17-21)31-10-4-3-5-11-31/h6-9,16-17H,3-5,10-15,18H2,1-2H3. The Hall–Kier alpha value is -2.93. The molecular weight excluding hydrogens is 400 g/mol. The Balaban J connectivity index is 1.17. The van der Waals surface area contributed by atoms with Gasteiger partial charge in [-0.1, -0.05) is 17.3 Å². The lowest BCUT2D eigenvalue weighted by molar-refractivity contribution is 0.215. The van der Waals surface area contributed by atoms with Gasteiger partial charge < -0.3 is 14.3 Å². The number of pyridine rings is 1. The zero-order valence-corrected chi connectivity index (χ0v) is 19.1. The molecule has 7 nitrogen and oxygen atoms in total. The maximum absolute atomic E-state index is 5.56. The topological polar surface area (TPSA) is 61.5 Å². The molecule has 0 N–H and O–H groups in total. The number of hydrogen-bond acceptors (Lipinski definition) is 7. The summed E-state index contributed by atoms with van der Waals surface area (Å²) in [5.41, 5.74) is 4.90. The summed E-state index contributed by atoms with van der Waals surface area (Å²) >= 11 is 0. The van der Waals surface area contributed by atoms with Crippen molar-refractivity contribution in [2.75, 3.05) is 49.1 Å². The van der Waals surface area contributed by atoms with E-state index < -0.39 is 0 Å². The summed E-state index contributed by atoms with van der Waals surface area (Å²) in [4.78, 5) is 16.5. The SMILES string of the molecule is Cc1ccc(C)c(N2CCN(Cc3nc(-c4ccc(N5CCCCC5)nc4)no3)CC2)c1. The molecule has 2 fully saturated rings. The molecule has 7 heteroatoms. The van der Waals surface area contributed by atoms with Crippen LogP contribution in [0.15, 0.2) is 41.1 Å². The lowest BCUT2D eigenvalue weighted by atomic mass is 10.1. The van der Waals surface area contributed by atoms with Crippen molar-refractivity contribution in [3.8, 4) is 11.4 Å². The van der Waals surface area contributed by atoms with Crippen LogP contribution in [0.25, 0.3) is 11.4 Å². The summed E-state index contributed by atoms with van der Waals surface area (Å²) < 4.78 is 5.56. The van der Waals surface area contributed by atoms with Crippen LogP contribution in [0, 0.1) is 13.8 Å². The van der Waals surface area contributed by atoms with Crippen molar-refractivity contribution in [1.29, 1.82) is 0 Å². The van der Waals surface area contributed by atoms with Crippen molar-refractivity contribution in [3.05, 3.63) is 53.5 Å². The summed E-state index contributed by atoms with van der Waals surface area (Å²) in [6.07, 6.45) is 5.68. The highest BCUT2D eigenvalue weighted by molar-refractivity contribution is 5.56. The third kappa shape index (κ3) is 4.63. The molecule has 168 valence electrons. The number of aromatic nitrogens is 3. The number of hydrogen-bond donors (Lipinski definition) is 0. The van der Waals surface area contributed by atoms with E-state index in [1.807, 2.05) is 6.20 Å². The van der Waals surface area contributed by atoms with Crippen LogP contribution in [0.4, 0.5) is 11.5 Å². The molecule has 2 aromatic heterocycles. The number of benzene rings is 1. The molecule has 0 spiro atoms. The normalized spacial score (nSPS) is 17.7. The average Bonchev–Trinajstić information content (AvgIpc) is 3.30. The first kappa shape index (κ1) is 20.9. The predicted molar refractivity (Wildman–Crippen MR) is 127 cm³/mol. The van der Waals surface area contributed by atoms with Crippen molar-refractivity contribution in [3.63, 3.8) is 0 Å². The lowest BCUT2D eigenvalue weighted by Crippen LogP contribution is -2.46. The predicted octanol–water partition coefficient (Wildman–Crippen LogP) is 4.06. The summed E-state index contributed by atoms with van der Waals surface area (Å²) in [7, 11) is 0. The highest BCUT2D eigenvalue weighted by Gasteiger charge is 2.21. The molecule has 0 atom stereocenters. The third-order valence-electron chi connectivity index (χ3n) is 6.59. The van der Waals surface area contributed by atoms with E-state index in [0.29, 0.717) is 18.3 Å². The molecule has 0 aliphatic carbocycles. The molecule has 2 aliphatic rings. The molecule has 0 bridgehead atoms. The monoisotopic (exact) mass is 432 g/mol. The smallest absolute Gasteiger partial charge is 0.241 e. The summed E-state index contributed by atoms with van der Waals surface area (Å²) in [5.74, 6) is 2.32. The summed E-state index contributed by atoms with van der Waals surface area (Å²) in [5, 5.41) is 4.20. The van der Waals surface area contributed by atoms with Crippen LogP contribution in [-0.4, -0.2) is 59.3 Å². The van der Waals surface area contributed by atoms with E-state index >= 15 is 0 Å². The van der Waals surface area contributed by atoms with Crippen molar-refractivity contribution in [1.82, 2.24) is 20.0 Å². The fourth-order valence-corrected chi connectivity index (χ4v) is 4.66. The van der Waals surface area contributed by atoms with E-state index in [1.165, 1.54) is 36.1 Å². The zero-order valence-electron chi connectivity index (χ0n) is 19.1. The lowest BCUT2D eigenvalue weighted by Gasteiger charge is -2.36. The van der Waals surface area contributed by atoms with Crippen molar-refractivity contribution in [2.24, 2.45) is 0 Å². The van der Waals surface area contributed by atoms with Gasteiger partial charge in [-0.15, -0.1) is 0 Å². The number of piperazine rings is 1. The molecule has 2 saturated heterocycles. The Morgan fingerprint density at radius 3 is 2.44 bits per heavy atom. The minimum absolute atomic E-state index is 0.617. The second-order valence-corrected chi connectivity index (χ2v) is 9.02. The number of rotatable bonds is 5. The Bertz CT molecular complexity index is 1030. The fraction of sp³-hybridized carbons (Fsp3) is 0.480. The van der Waals surface area contributed by atoms with Crippen LogP contribution >= 0.6 is 0 Å². The first-order valence-electron chi connectivity index (χ1n) is 11.7. The highest BCUT2D eigenvalue weighted by Crippen LogP contribution is 2.24. The molecule has 2 aliphatic heterocycles. The first-order valence-corrected chi connectivity index (χ1v) is 11.7. The van der Waals surface area contributed by atoms with Gasteiger partial charge in [0.25, 0.3) is 0 Å². The van der Waals surface area contributed by atoms with Crippen LogP contribution in [0.2, 0.25) is 0 Å². The van der Waals surface area contributed by atoms with Crippen molar-refractivity contribution >= 4 is 11.5 Å². The van der Waals surface area contributed by atoms with Crippen LogP contribution in [-0.2, 0) is 6.54 Å². The van der Waals surface area contributed by atoms with Gasteiger partial charge in [-0.05, 0) is 62.4 Å². The van der Waals surface area contributed by atoms with Crippen LogP contribution in [0.3, 0.4) is 0 Å². The Labute approximate surface area is 190 Å². The second-order valence-electron chi connectivity index (χ2n) is 9.02. The maximum Gasteiger partial charge on any atom is 0.241 e. The molecule has 0 radical (unpaired) electrons. The van der Waals surface area contributed by atoms with Crippen LogP contribution in [0.1, 0.15) is 36.3 Å². The molecule has 1 aromatic carbocycles. The zero-order chi connectivity index (χ0) is 21.9. The molecule has 4 heterocycles. The van der Waals surface area contributed by atoms with E-state index in [9.17, 15) is 0 Å². The Morgan fingerprint density at radius 1 is 0.875 bits per heavy atom. The fourth-order valence-electron chi connectivity index (χ4n) is 4.66. The van der Waals surface area contributed by atoms with Gasteiger partial charge in [-0.25, -0.2) is 4.98 Å². The van der Waals surface area contributed by atoms with E-state index in [1.54, 1.807) is 0 Å². The number of nitrogens with zero attached hydrogens (tertiary/aromatic N) is 6. The van der Waals surface area contributed by atoms with Crippen LogP contribution < -0.4 is 9.80 Å². The van der Waals surface area contributed by atoms with Gasteiger partial charge in [-0.3, -0.25) is 4.90 Å². The van der Waals surface area contributed by atoms with Gasteiger partial charge >= 0.3 is 0 Å². The molecule has 0 amide bonds. The molecular formula is C25H32N6O. The van der Waals surface area contributed by atoms with E-state index in [-0.39, 0.29) is 0 Å². The minimum Gasteiger partial charge on any atom is -0.369 e. The van der Waals surface area contributed by atoms with Crippen molar-refractivity contribution in [2.45, 2.75) is 39.7 Å². The summed E-state index contributed by atoms with van der Waals surface area (Å²) in [6, 6.07) is 10.8. The van der Waals surface area contributed by atoms with Gasteiger partial charge in [0.15, 0.2) is 0 Å². The van der Waals surface area contributed by atoms with Gasteiger partial charge in [0.2, 0.25) is 11.7 Å².